The number of nitrogens with one attached hydrogen (secondary N) is 1. The first-order valence-electron chi connectivity index (χ1n) is 11.8. The summed E-state index contributed by atoms with van der Waals surface area (Å²) in [5, 5.41) is 63.4. The Morgan fingerprint density at radius 1 is 1.14 bits per heavy atom. The molecular weight excluding hydrogens is 484 g/mol. The molecule has 0 aromatic heterocycles. The van der Waals surface area contributed by atoms with Crippen molar-refractivity contribution in [2.24, 2.45) is 5.73 Å². The minimum atomic E-state index is -1.44. The molecule has 0 aliphatic carbocycles. The number of rotatable bonds is 13. The molecule has 210 valence electrons. The van der Waals surface area contributed by atoms with Crippen LogP contribution in [0.2, 0.25) is 0 Å². The molecule has 5 unspecified atom stereocenters. The van der Waals surface area contributed by atoms with Gasteiger partial charge in [-0.25, -0.2) is 4.79 Å². The van der Waals surface area contributed by atoms with Crippen molar-refractivity contribution in [1.29, 1.82) is 0 Å². The summed E-state index contributed by atoms with van der Waals surface area (Å²) in [6.07, 6.45) is -10.3. The minimum absolute atomic E-state index is 0.00843. The zero-order valence-electron chi connectivity index (χ0n) is 20.5. The molecule has 36 heavy (non-hydrogen) atoms. The van der Waals surface area contributed by atoms with Gasteiger partial charge in [-0.15, -0.1) is 0 Å². The second kappa shape index (κ2) is 14.6. The van der Waals surface area contributed by atoms with E-state index in [1.54, 1.807) is 6.92 Å². The minimum Gasteiger partial charge on any atom is -0.460 e. The molecule has 11 atom stereocenters. The van der Waals surface area contributed by atoms with E-state index in [0.29, 0.717) is 0 Å². The van der Waals surface area contributed by atoms with E-state index in [9.17, 15) is 30.3 Å². The first-order valence-corrected chi connectivity index (χ1v) is 11.8. The molecular formula is C22H40N2O12. The maximum absolute atomic E-state index is 11.5. The van der Waals surface area contributed by atoms with Crippen LogP contribution in [0.5, 0.6) is 0 Å². The van der Waals surface area contributed by atoms with Crippen LogP contribution < -0.4 is 11.1 Å². The normalized spacial score (nSPS) is 37.9. The number of nitrogens with two attached hydrogens (primary N) is 1. The summed E-state index contributed by atoms with van der Waals surface area (Å²) < 4.78 is 27.4. The lowest BCUT2D eigenvalue weighted by atomic mass is 9.92. The van der Waals surface area contributed by atoms with Crippen LogP contribution in [-0.2, 0) is 28.5 Å². The Morgan fingerprint density at radius 3 is 2.44 bits per heavy atom. The van der Waals surface area contributed by atoms with Crippen LogP contribution in [-0.4, -0.2) is 143 Å². The fourth-order valence-electron chi connectivity index (χ4n) is 4.00. The summed E-state index contributed by atoms with van der Waals surface area (Å²) in [5.74, 6) is -0.640. The molecule has 14 nitrogen and oxygen atoms in total. The van der Waals surface area contributed by atoms with Gasteiger partial charge in [-0.3, -0.25) is 0 Å². The Balaban J connectivity index is 2.04. The molecule has 0 bridgehead atoms. The van der Waals surface area contributed by atoms with Gasteiger partial charge < -0.3 is 65.4 Å². The molecule has 2 aliphatic rings. The Bertz CT molecular complexity index is 700. The second-order valence-electron chi connectivity index (χ2n) is 9.02. The first kappa shape index (κ1) is 31.0. The number of aliphatic hydroxyl groups is 6. The number of hydrogen-bond donors (Lipinski definition) is 8. The average molecular weight is 525 g/mol. The predicted octanol–water partition coefficient (Wildman–Crippen LogP) is -4.27. The molecule has 0 saturated carbocycles. The highest BCUT2D eigenvalue weighted by atomic mass is 16.7. The van der Waals surface area contributed by atoms with Gasteiger partial charge in [0.05, 0.1) is 44.6 Å². The quantitative estimate of drug-likeness (QED) is 0.0649. The summed E-state index contributed by atoms with van der Waals surface area (Å²) in [4.78, 5) is 11.5. The number of aliphatic hydroxyl groups excluding tert-OH is 6. The standard InChI is InChI=1S/C22H40N2O12/c1-10(2)21(31)33-8-12(27)6-24-16-11(3)34-13(7-26)20(19(16)30)36-22-15(23)18(29)17(28)14(35-22)9-32-5-4-25/h11-20,22,24-30H,1,4-9,23H2,2-3H3/t11-,12?,13?,14?,15?,16?,17+,18+,19+,20+,22-/m0/s1. The van der Waals surface area contributed by atoms with Crippen LogP contribution in [0.1, 0.15) is 13.8 Å². The van der Waals surface area contributed by atoms with E-state index in [-0.39, 0.29) is 38.5 Å². The van der Waals surface area contributed by atoms with Crippen LogP contribution in [0.25, 0.3) is 0 Å². The molecule has 0 radical (unpaired) electrons. The zero-order valence-corrected chi connectivity index (χ0v) is 20.5. The highest BCUT2D eigenvalue weighted by Crippen LogP contribution is 2.28. The van der Waals surface area contributed by atoms with Crippen LogP contribution in [0, 0.1) is 0 Å². The third kappa shape index (κ3) is 8.11. The van der Waals surface area contributed by atoms with E-state index >= 15 is 0 Å². The number of carbonyl (C=O) groups excluding carboxylic acids is 1. The van der Waals surface area contributed by atoms with E-state index < -0.39 is 79.8 Å². The van der Waals surface area contributed by atoms with Crippen molar-refractivity contribution < 1.29 is 59.1 Å². The van der Waals surface area contributed by atoms with Gasteiger partial charge in [0.2, 0.25) is 0 Å². The maximum Gasteiger partial charge on any atom is 0.333 e. The van der Waals surface area contributed by atoms with E-state index in [0.717, 1.165) is 0 Å². The van der Waals surface area contributed by atoms with Gasteiger partial charge in [-0.1, -0.05) is 6.58 Å². The first-order chi connectivity index (χ1) is 17.0. The van der Waals surface area contributed by atoms with Crippen LogP contribution in [0.3, 0.4) is 0 Å². The zero-order chi connectivity index (χ0) is 27.0. The van der Waals surface area contributed by atoms with Gasteiger partial charge in [0.15, 0.2) is 6.29 Å². The van der Waals surface area contributed by atoms with E-state index in [4.69, 9.17) is 34.5 Å². The highest BCUT2D eigenvalue weighted by molar-refractivity contribution is 5.86. The average Bonchev–Trinajstić information content (AvgIpc) is 2.84. The van der Waals surface area contributed by atoms with Crippen molar-refractivity contribution >= 4 is 5.97 Å². The van der Waals surface area contributed by atoms with Gasteiger partial charge in [0.25, 0.3) is 0 Å². The molecule has 14 heteroatoms. The monoisotopic (exact) mass is 524 g/mol. The van der Waals surface area contributed by atoms with Crippen LogP contribution >= 0.6 is 0 Å². The number of hydrogen-bond acceptors (Lipinski definition) is 14. The third-order valence-corrected chi connectivity index (χ3v) is 6.05. The van der Waals surface area contributed by atoms with Gasteiger partial charge in [-0.05, 0) is 13.8 Å². The molecule has 2 aliphatic heterocycles. The van der Waals surface area contributed by atoms with Crippen molar-refractivity contribution in [3.8, 4) is 0 Å². The summed E-state index contributed by atoms with van der Waals surface area (Å²) >= 11 is 0. The van der Waals surface area contributed by atoms with Crippen molar-refractivity contribution in [3.63, 3.8) is 0 Å². The number of carbonyl (C=O) groups is 1. The molecule has 9 N–H and O–H groups in total. The number of esters is 1. The van der Waals surface area contributed by atoms with Gasteiger partial charge in [-0.2, -0.15) is 0 Å². The fraction of sp³-hybridized carbons (Fsp3) is 0.864. The Kier molecular flexibility index (Phi) is 12.6. The Labute approximate surface area is 209 Å². The lowest BCUT2D eigenvalue weighted by molar-refractivity contribution is -0.312. The largest absolute Gasteiger partial charge is 0.460 e. The summed E-state index contributed by atoms with van der Waals surface area (Å²) in [6.45, 7) is 5.32. The lowest BCUT2D eigenvalue weighted by Crippen LogP contribution is -2.68. The highest BCUT2D eigenvalue weighted by Gasteiger charge is 2.49. The van der Waals surface area contributed by atoms with E-state index in [1.165, 1.54) is 6.92 Å². The number of ether oxygens (including phenoxy) is 5. The SMILES string of the molecule is C=C(C)C(=O)OCC(O)CNC1[C@H](C)OC(CO)[C@@H](O[C@@H]2OC(COCCO)[C@@H](O)[C@H](O)C2N)[C@@H]1O. The third-order valence-electron chi connectivity index (χ3n) is 6.05. The molecule has 2 saturated heterocycles. The van der Waals surface area contributed by atoms with Crippen molar-refractivity contribution in [3.05, 3.63) is 12.2 Å². The van der Waals surface area contributed by atoms with Crippen molar-refractivity contribution in [1.82, 2.24) is 5.32 Å². The van der Waals surface area contributed by atoms with Crippen LogP contribution in [0.15, 0.2) is 12.2 Å². The maximum atomic E-state index is 11.5. The molecule has 0 spiro atoms. The second-order valence-corrected chi connectivity index (χ2v) is 9.02. The van der Waals surface area contributed by atoms with E-state index in [2.05, 4.69) is 11.9 Å². The molecule has 2 fully saturated rings. The lowest BCUT2D eigenvalue weighted by Gasteiger charge is -2.47. The Morgan fingerprint density at radius 2 is 1.83 bits per heavy atom. The molecule has 0 amide bonds. The summed E-state index contributed by atoms with van der Waals surface area (Å²) in [6, 6.07) is -1.97. The van der Waals surface area contributed by atoms with Gasteiger partial charge in [0, 0.05) is 12.1 Å². The fourth-order valence-corrected chi connectivity index (χ4v) is 4.00. The summed E-state index contributed by atoms with van der Waals surface area (Å²) in [7, 11) is 0. The Hall–Kier alpha value is -1.27. The predicted molar refractivity (Wildman–Crippen MR) is 122 cm³/mol. The molecule has 0 aromatic rings. The van der Waals surface area contributed by atoms with Gasteiger partial charge >= 0.3 is 5.97 Å². The molecule has 2 rings (SSSR count). The summed E-state index contributed by atoms with van der Waals surface area (Å²) in [5.41, 5.74) is 6.19. The van der Waals surface area contributed by atoms with E-state index in [1.807, 2.05) is 0 Å². The van der Waals surface area contributed by atoms with Gasteiger partial charge in [0.1, 0.15) is 49.3 Å². The smallest absolute Gasteiger partial charge is 0.333 e. The topological polar surface area (TPSA) is 223 Å². The molecule has 0 aromatic carbocycles. The molecule has 2 heterocycles. The van der Waals surface area contributed by atoms with Crippen LogP contribution in [0.4, 0.5) is 0 Å². The van der Waals surface area contributed by atoms with Crippen molar-refractivity contribution in [2.45, 2.75) is 81.1 Å². The van der Waals surface area contributed by atoms with Crippen molar-refractivity contribution in [2.75, 3.05) is 39.6 Å².